The number of hydrogen-bond acceptors (Lipinski definition) is 4. The summed E-state index contributed by atoms with van der Waals surface area (Å²) in [6, 6.07) is 11.1. The van der Waals surface area contributed by atoms with Crippen molar-refractivity contribution in [3.63, 3.8) is 0 Å². The Hall–Kier alpha value is -1.66. The summed E-state index contributed by atoms with van der Waals surface area (Å²) in [7, 11) is 0. The molecule has 0 aliphatic carbocycles. The van der Waals surface area contributed by atoms with Crippen LogP contribution in [0.25, 0.3) is 0 Å². The molecule has 0 atom stereocenters. The second kappa shape index (κ2) is 9.70. The summed E-state index contributed by atoms with van der Waals surface area (Å²) >= 11 is 18.2. The number of halogens is 3. The molecule has 1 saturated heterocycles. The number of carbonyl (C=O) groups excluding carboxylic acids is 1. The third-order valence-corrected chi connectivity index (χ3v) is 5.33. The van der Waals surface area contributed by atoms with Gasteiger partial charge in [-0.15, -0.1) is 0 Å². The Balaban J connectivity index is 1.55. The van der Waals surface area contributed by atoms with Crippen LogP contribution in [0.3, 0.4) is 0 Å². The van der Waals surface area contributed by atoms with Crippen molar-refractivity contribution in [2.75, 3.05) is 49.5 Å². The van der Waals surface area contributed by atoms with Crippen LogP contribution in [-0.2, 0) is 4.79 Å². The number of ether oxygens (including phenoxy) is 1. The highest BCUT2D eigenvalue weighted by atomic mass is 35.5. The number of piperazine rings is 1. The van der Waals surface area contributed by atoms with E-state index in [0.717, 1.165) is 37.6 Å². The standard InChI is InChI=1S/C20H22Cl3N3O2/c1-2-28-18-6-4-3-5-17(18)26-9-7-25(8-10-26)13-19(27)24-20-15(22)11-14(21)12-16(20)23/h3-6,11-12H,2,7-10,13H2,1H3,(H,24,27). The van der Waals surface area contributed by atoms with Gasteiger partial charge in [0, 0.05) is 31.2 Å². The lowest BCUT2D eigenvalue weighted by Crippen LogP contribution is -2.48. The first kappa shape index (κ1) is 21.1. The Morgan fingerprint density at radius 2 is 1.71 bits per heavy atom. The summed E-state index contributed by atoms with van der Waals surface area (Å²) in [6.45, 7) is 6.07. The fourth-order valence-electron chi connectivity index (χ4n) is 3.19. The molecule has 0 spiro atoms. The van der Waals surface area contributed by atoms with Gasteiger partial charge in [0.05, 0.1) is 34.6 Å². The monoisotopic (exact) mass is 441 g/mol. The van der Waals surface area contributed by atoms with Crippen molar-refractivity contribution in [2.24, 2.45) is 0 Å². The molecule has 0 aromatic heterocycles. The van der Waals surface area contributed by atoms with Crippen LogP contribution in [0, 0.1) is 0 Å². The van der Waals surface area contributed by atoms with E-state index in [2.05, 4.69) is 21.2 Å². The zero-order valence-electron chi connectivity index (χ0n) is 15.6. The van der Waals surface area contributed by atoms with Crippen LogP contribution >= 0.6 is 34.8 Å². The van der Waals surface area contributed by atoms with Gasteiger partial charge in [-0.2, -0.15) is 0 Å². The molecular formula is C20H22Cl3N3O2. The van der Waals surface area contributed by atoms with E-state index in [1.165, 1.54) is 0 Å². The SMILES string of the molecule is CCOc1ccccc1N1CCN(CC(=O)Nc2c(Cl)cc(Cl)cc2Cl)CC1. The van der Waals surface area contributed by atoms with Gasteiger partial charge >= 0.3 is 0 Å². The highest BCUT2D eigenvalue weighted by Crippen LogP contribution is 2.33. The number of carbonyl (C=O) groups is 1. The molecule has 1 heterocycles. The van der Waals surface area contributed by atoms with Gasteiger partial charge in [-0.3, -0.25) is 9.69 Å². The fraction of sp³-hybridized carbons (Fsp3) is 0.350. The minimum absolute atomic E-state index is 0.158. The first-order valence-corrected chi connectivity index (χ1v) is 10.2. The molecule has 1 aliphatic heterocycles. The maximum Gasteiger partial charge on any atom is 0.238 e. The summed E-state index contributed by atoms with van der Waals surface area (Å²) in [5, 5.41) is 3.86. The van der Waals surface area contributed by atoms with E-state index in [0.29, 0.717) is 27.4 Å². The van der Waals surface area contributed by atoms with Crippen LogP contribution < -0.4 is 15.0 Å². The van der Waals surface area contributed by atoms with Crippen LogP contribution in [0.1, 0.15) is 6.92 Å². The lowest BCUT2D eigenvalue weighted by molar-refractivity contribution is -0.117. The molecule has 2 aromatic carbocycles. The molecular weight excluding hydrogens is 421 g/mol. The molecule has 1 amide bonds. The molecule has 0 radical (unpaired) electrons. The average Bonchev–Trinajstić information content (AvgIpc) is 2.66. The van der Waals surface area contributed by atoms with E-state index < -0.39 is 0 Å². The molecule has 1 aliphatic rings. The zero-order chi connectivity index (χ0) is 20.1. The minimum atomic E-state index is -0.158. The smallest absolute Gasteiger partial charge is 0.238 e. The summed E-state index contributed by atoms with van der Waals surface area (Å²) in [5.41, 5.74) is 1.48. The van der Waals surface area contributed by atoms with Gasteiger partial charge in [-0.05, 0) is 31.2 Å². The number of para-hydroxylation sites is 2. The van der Waals surface area contributed by atoms with E-state index in [4.69, 9.17) is 39.5 Å². The number of nitrogens with one attached hydrogen (secondary N) is 1. The lowest BCUT2D eigenvalue weighted by atomic mass is 10.2. The fourth-order valence-corrected chi connectivity index (χ4v) is 4.10. The van der Waals surface area contributed by atoms with Gasteiger partial charge < -0.3 is 15.0 Å². The lowest BCUT2D eigenvalue weighted by Gasteiger charge is -2.36. The van der Waals surface area contributed by atoms with Crippen molar-refractivity contribution >= 4 is 52.1 Å². The van der Waals surface area contributed by atoms with Crippen molar-refractivity contribution in [3.8, 4) is 5.75 Å². The van der Waals surface area contributed by atoms with Gasteiger partial charge in [0.1, 0.15) is 5.75 Å². The van der Waals surface area contributed by atoms with Crippen LogP contribution in [0.4, 0.5) is 11.4 Å². The molecule has 0 bridgehead atoms. The van der Waals surface area contributed by atoms with Gasteiger partial charge in [0.15, 0.2) is 0 Å². The van der Waals surface area contributed by atoms with E-state index in [1.807, 2.05) is 25.1 Å². The average molecular weight is 443 g/mol. The molecule has 0 saturated carbocycles. The molecule has 1 fully saturated rings. The summed E-state index contributed by atoms with van der Waals surface area (Å²) in [6.07, 6.45) is 0. The predicted molar refractivity (Wildman–Crippen MR) is 116 cm³/mol. The number of nitrogens with zero attached hydrogens (tertiary/aromatic N) is 2. The van der Waals surface area contributed by atoms with Crippen molar-refractivity contribution in [2.45, 2.75) is 6.92 Å². The van der Waals surface area contributed by atoms with E-state index >= 15 is 0 Å². The number of anilines is 2. The Kier molecular flexibility index (Phi) is 7.30. The zero-order valence-corrected chi connectivity index (χ0v) is 17.8. The second-order valence-corrected chi connectivity index (χ2v) is 7.71. The Bertz CT molecular complexity index is 816. The van der Waals surface area contributed by atoms with Gasteiger partial charge in [0.2, 0.25) is 5.91 Å². The quantitative estimate of drug-likeness (QED) is 0.697. The molecule has 28 heavy (non-hydrogen) atoms. The maximum atomic E-state index is 12.4. The molecule has 1 N–H and O–H groups in total. The van der Waals surface area contributed by atoms with Crippen LogP contribution in [-0.4, -0.2) is 50.1 Å². The highest BCUT2D eigenvalue weighted by molar-refractivity contribution is 6.42. The van der Waals surface area contributed by atoms with Crippen LogP contribution in [0.15, 0.2) is 36.4 Å². The van der Waals surface area contributed by atoms with Crippen molar-refractivity contribution in [1.82, 2.24) is 4.90 Å². The minimum Gasteiger partial charge on any atom is -0.492 e. The largest absolute Gasteiger partial charge is 0.492 e. The van der Waals surface area contributed by atoms with Gasteiger partial charge in [-0.1, -0.05) is 46.9 Å². The second-order valence-electron chi connectivity index (χ2n) is 6.46. The predicted octanol–water partition coefficient (Wildman–Crippen LogP) is 4.81. The third kappa shape index (κ3) is 5.23. The molecule has 8 heteroatoms. The first-order chi connectivity index (χ1) is 13.5. The molecule has 5 nitrogen and oxygen atoms in total. The summed E-state index contributed by atoms with van der Waals surface area (Å²) in [4.78, 5) is 16.8. The third-order valence-electron chi connectivity index (χ3n) is 4.52. The first-order valence-electron chi connectivity index (χ1n) is 9.11. The molecule has 150 valence electrons. The van der Waals surface area contributed by atoms with Crippen molar-refractivity contribution in [1.29, 1.82) is 0 Å². The summed E-state index contributed by atoms with van der Waals surface area (Å²) in [5.74, 6) is 0.734. The van der Waals surface area contributed by atoms with E-state index in [1.54, 1.807) is 12.1 Å². The van der Waals surface area contributed by atoms with Crippen LogP contribution in [0.2, 0.25) is 15.1 Å². The van der Waals surface area contributed by atoms with Crippen molar-refractivity contribution < 1.29 is 9.53 Å². The van der Waals surface area contributed by atoms with Gasteiger partial charge in [0.25, 0.3) is 0 Å². The molecule has 3 rings (SSSR count). The van der Waals surface area contributed by atoms with E-state index in [9.17, 15) is 4.79 Å². The van der Waals surface area contributed by atoms with E-state index in [-0.39, 0.29) is 12.5 Å². The number of hydrogen-bond donors (Lipinski definition) is 1. The number of rotatable bonds is 6. The Morgan fingerprint density at radius 3 is 2.36 bits per heavy atom. The van der Waals surface area contributed by atoms with Crippen molar-refractivity contribution in [3.05, 3.63) is 51.5 Å². The Labute approximate surface area is 180 Å². The maximum absolute atomic E-state index is 12.4. The van der Waals surface area contributed by atoms with Gasteiger partial charge in [-0.25, -0.2) is 0 Å². The molecule has 0 unspecified atom stereocenters. The number of amides is 1. The Morgan fingerprint density at radius 1 is 1.07 bits per heavy atom. The topological polar surface area (TPSA) is 44.8 Å². The highest BCUT2D eigenvalue weighted by Gasteiger charge is 2.22. The summed E-state index contributed by atoms with van der Waals surface area (Å²) < 4.78 is 5.72. The molecule has 2 aromatic rings. The normalized spacial score (nSPS) is 14.8. The number of benzene rings is 2. The van der Waals surface area contributed by atoms with Crippen LogP contribution in [0.5, 0.6) is 5.75 Å².